The van der Waals surface area contributed by atoms with Crippen LogP contribution in [0, 0.1) is 0 Å². The monoisotopic (exact) mass is 343 g/mol. The van der Waals surface area contributed by atoms with Gasteiger partial charge in [0, 0.05) is 30.3 Å². The topological polar surface area (TPSA) is 68.5 Å². The summed E-state index contributed by atoms with van der Waals surface area (Å²) < 4.78 is 11.0. The normalized spacial score (nSPS) is 15.0. The number of ether oxygens (including phenoxy) is 1. The molecular weight excluding hydrogens is 330 g/mol. The number of amides is 1. The maximum atomic E-state index is 12.4. The molecule has 1 amide bonds. The quantitative estimate of drug-likeness (QED) is 0.669. The molecule has 2 aromatic heterocycles. The molecule has 24 heavy (non-hydrogen) atoms. The van der Waals surface area contributed by atoms with Gasteiger partial charge in [0.25, 0.3) is 5.91 Å². The van der Waals surface area contributed by atoms with Crippen LogP contribution in [0.4, 0.5) is 0 Å². The Morgan fingerprint density at radius 2 is 1.88 bits per heavy atom. The van der Waals surface area contributed by atoms with Crippen LogP contribution in [0.2, 0.25) is 5.15 Å². The second kappa shape index (κ2) is 6.22. The molecule has 0 unspecified atom stereocenters. The van der Waals surface area contributed by atoms with E-state index >= 15 is 0 Å². The van der Waals surface area contributed by atoms with Gasteiger partial charge >= 0.3 is 0 Å². The number of hydrogen-bond donors (Lipinski definition) is 0. The van der Waals surface area contributed by atoms with E-state index in [1.807, 2.05) is 18.2 Å². The fourth-order valence-corrected chi connectivity index (χ4v) is 2.87. The Hall–Kier alpha value is -2.44. The predicted octanol–water partition coefficient (Wildman–Crippen LogP) is 3.02. The summed E-state index contributed by atoms with van der Waals surface area (Å²) in [6, 6.07) is 9.11. The van der Waals surface area contributed by atoms with E-state index < -0.39 is 0 Å². The lowest BCUT2D eigenvalue weighted by Gasteiger charge is -2.26. The number of carbonyl (C=O) groups is 1. The van der Waals surface area contributed by atoms with E-state index in [0.29, 0.717) is 48.7 Å². The van der Waals surface area contributed by atoms with Crippen molar-refractivity contribution in [3.05, 3.63) is 47.4 Å². The third kappa shape index (κ3) is 2.74. The summed E-state index contributed by atoms with van der Waals surface area (Å²) in [7, 11) is 0. The molecule has 1 aliphatic heterocycles. The summed E-state index contributed by atoms with van der Waals surface area (Å²) in [5, 5.41) is 0.283. The first-order valence-electron chi connectivity index (χ1n) is 7.60. The number of fused-ring (bicyclic) bond motifs is 1. The molecule has 122 valence electrons. The molecule has 4 rings (SSSR count). The summed E-state index contributed by atoms with van der Waals surface area (Å²) >= 11 is 6.01. The zero-order valence-electron chi connectivity index (χ0n) is 12.7. The van der Waals surface area contributed by atoms with E-state index in [2.05, 4.69) is 9.97 Å². The van der Waals surface area contributed by atoms with Gasteiger partial charge in [0.05, 0.1) is 13.2 Å². The van der Waals surface area contributed by atoms with Gasteiger partial charge < -0.3 is 14.1 Å². The Balaban J connectivity index is 1.60. The number of morpholine rings is 1. The molecule has 7 heteroatoms. The molecule has 1 aromatic carbocycles. The Morgan fingerprint density at radius 3 is 2.58 bits per heavy atom. The summed E-state index contributed by atoms with van der Waals surface area (Å²) in [4.78, 5) is 22.3. The maximum Gasteiger partial charge on any atom is 0.254 e. The van der Waals surface area contributed by atoms with Crippen molar-refractivity contribution in [2.75, 3.05) is 26.3 Å². The minimum Gasteiger partial charge on any atom is -0.451 e. The van der Waals surface area contributed by atoms with Gasteiger partial charge in [0.15, 0.2) is 10.7 Å². The van der Waals surface area contributed by atoms with Crippen molar-refractivity contribution in [3.8, 4) is 11.3 Å². The molecule has 0 N–H and O–H groups in total. The van der Waals surface area contributed by atoms with Crippen molar-refractivity contribution < 1.29 is 13.9 Å². The molecule has 1 saturated heterocycles. The highest BCUT2D eigenvalue weighted by molar-refractivity contribution is 6.33. The van der Waals surface area contributed by atoms with Crippen molar-refractivity contribution in [2.45, 2.75) is 0 Å². The average molecular weight is 344 g/mol. The third-order valence-electron chi connectivity index (χ3n) is 3.98. The van der Waals surface area contributed by atoms with Crippen molar-refractivity contribution >= 4 is 28.6 Å². The number of carbonyl (C=O) groups excluding carboxylic acids is 1. The zero-order valence-corrected chi connectivity index (χ0v) is 13.5. The molecule has 0 atom stereocenters. The maximum absolute atomic E-state index is 12.4. The molecule has 0 bridgehead atoms. The summed E-state index contributed by atoms with van der Waals surface area (Å²) in [6.07, 6.45) is 1.40. The third-order valence-corrected chi connectivity index (χ3v) is 4.25. The zero-order chi connectivity index (χ0) is 16.5. The number of furan rings is 1. The summed E-state index contributed by atoms with van der Waals surface area (Å²) in [5.41, 5.74) is 2.61. The van der Waals surface area contributed by atoms with Crippen LogP contribution in [0.15, 0.2) is 41.1 Å². The van der Waals surface area contributed by atoms with Gasteiger partial charge in [-0.25, -0.2) is 9.97 Å². The molecule has 1 aliphatic rings. The molecule has 3 aromatic rings. The number of hydrogen-bond acceptors (Lipinski definition) is 5. The molecule has 0 spiro atoms. The number of halogens is 1. The fourth-order valence-electron chi connectivity index (χ4n) is 2.69. The van der Waals surface area contributed by atoms with Crippen LogP contribution < -0.4 is 0 Å². The molecule has 0 radical (unpaired) electrons. The Kier molecular flexibility index (Phi) is 3.92. The van der Waals surface area contributed by atoms with Gasteiger partial charge in [-0.15, -0.1) is 0 Å². The van der Waals surface area contributed by atoms with E-state index in [0.717, 1.165) is 5.56 Å². The van der Waals surface area contributed by atoms with Crippen molar-refractivity contribution in [3.63, 3.8) is 0 Å². The lowest BCUT2D eigenvalue weighted by atomic mass is 10.1. The van der Waals surface area contributed by atoms with E-state index in [-0.39, 0.29) is 11.1 Å². The van der Waals surface area contributed by atoms with Crippen LogP contribution >= 0.6 is 11.6 Å². The highest BCUT2D eigenvalue weighted by atomic mass is 35.5. The minimum atomic E-state index is 0.0170. The first-order valence-corrected chi connectivity index (χ1v) is 7.98. The largest absolute Gasteiger partial charge is 0.451 e. The predicted molar refractivity (Wildman–Crippen MR) is 89.0 cm³/mol. The molecular formula is C17H14ClN3O3. The van der Waals surface area contributed by atoms with E-state index in [4.69, 9.17) is 20.8 Å². The van der Waals surface area contributed by atoms with Crippen LogP contribution in [-0.4, -0.2) is 47.1 Å². The van der Waals surface area contributed by atoms with Gasteiger partial charge in [-0.3, -0.25) is 4.79 Å². The molecule has 0 saturated carbocycles. The average Bonchev–Trinajstić information content (AvgIpc) is 3.08. The van der Waals surface area contributed by atoms with E-state index in [1.54, 1.807) is 17.0 Å². The lowest BCUT2D eigenvalue weighted by Crippen LogP contribution is -2.40. The highest BCUT2D eigenvalue weighted by Crippen LogP contribution is 2.29. The van der Waals surface area contributed by atoms with E-state index in [1.165, 1.54) is 6.33 Å². The van der Waals surface area contributed by atoms with Gasteiger partial charge in [0.1, 0.15) is 17.6 Å². The van der Waals surface area contributed by atoms with Crippen LogP contribution in [-0.2, 0) is 4.74 Å². The van der Waals surface area contributed by atoms with Crippen molar-refractivity contribution in [1.29, 1.82) is 0 Å². The lowest BCUT2D eigenvalue weighted by molar-refractivity contribution is 0.0303. The SMILES string of the molecule is O=C(c1ccc(-c2cc3ncnc(Cl)c3o2)cc1)N1CCOCC1. The van der Waals surface area contributed by atoms with E-state index in [9.17, 15) is 4.79 Å². The first kappa shape index (κ1) is 15.1. The summed E-state index contributed by atoms with van der Waals surface area (Å²) in [6.45, 7) is 2.43. The number of nitrogens with zero attached hydrogens (tertiary/aromatic N) is 3. The highest BCUT2D eigenvalue weighted by Gasteiger charge is 2.18. The van der Waals surface area contributed by atoms with Crippen molar-refractivity contribution in [1.82, 2.24) is 14.9 Å². The number of benzene rings is 1. The second-order valence-corrected chi connectivity index (χ2v) is 5.83. The van der Waals surface area contributed by atoms with Gasteiger partial charge in [-0.2, -0.15) is 0 Å². The molecule has 0 aliphatic carbocycles. The van der Waals surface area contributed by atoms with Crippen molar-refractivity contribution in [2.24, 2.45) is 0 Å². The smallest absolute Gasteiger partial charge is 0.254 e. The Morgan fingerprint density at radius 1 is 1.12 bits per heavy atom. The van der Waals surface area contributed by atoms with Crippen LogP contribution in [0.25, 0.3) is 22.4 Å². The molecule has 6 nitrogen and oxygen atoms in total. The Bertz CT molecular complexity index is 886. The number of rotatable bonds is 2. The van der Waals surface area contributed by atoms with Crippen LogP contribution in [0.3, 0.4) is 0 Å². The fraction of sp³-hybridized carbons (Fsp3) is 0.235. The summed E-state index contributed by atoms with van der Waals surface area (Å²) in [5.74, 6) is 0.654. The minimum absolute atomic E-state index is 0.0170. The van der Waals surface area contributed by atoms with Crippen LogP contribution in [0.1, 0.15) is 10.4 Å². The van der Waals surface area contributed by atoms with Gasteiger partial charge in [-0.05, 0) is 12.1 Å². The Labute approximate surface area is 143 Å². The number of aromatic nitrogens is 2. The molecule has 3 heterocycles. The first-order chi connectivity index (χ1) is 11.7. The standard InChI is InChI=1S/C17H14ClN3O3/c18-16-15-13(19-10-20-16)9-14(24-15)11-1-3-12(4-2-11)17(22)21-5-7-23-8-6-21/h1-4,9-10H,5-8H2. The van der Waals surface area contributed by atoms with Crippen LogP contribution in [0.5, 0.6) is 0 Å². The van der Waals surface area contributed by atoms with Gasteiger partial charge in [0.2, 0.25) is 0 Å². The molecule has 1 fully saturated rings. The second-order valence-electron chi connectivity index (χ2n) is 5.47. The van der Waals surface area contributed by atoms with Gasteiger partial charge in [-0.1, -0.05) is 23.7 Å².